The first-order valence-electron chi connectivity index (χ1n) is 5.18. The van der Waals surface area contributed by atoms with Gasteiger partial charge in [0.15, 0.2) is 6.10 Å². The second-order valence-electron chi connectivity index (χ2n) is 3.98. The van der Waals surface area contributed by atoms with Gasteiger partial charge in [0.2, 0.25) is 0 Å². The summed E-state index contributed by atoms with van der Waals surface area (Å²) in [6, 6.07) is 5.53. The molecule has 1 aromatic carbocycles. The molecule has 0 radical (unpaired) electrons. The average molecular weight is 285 g/mol. The van der Waals surface area contributed by atoms with E-state index in [1.807, 2.05) is 6.07 Å². The summed E-state index contributed by atoms with van der Waals surface area (Å²) in [5, 5.41) is 9.66. The molecule has 0 aromatic heterocycles. The minimum atomic E-state index is -1.20. The highest BCUT2D eigenvalue weighted by Gasteiger charge is 2.26. The van der Waals surface area contributed by atoms with E-state index in [0.29, 0.717) is 11.5 Å². The van der Waals surface area contributed by atoms with E-state index in [2.05, 4.69) is 20.7 Å². The number of aliphatic hydroxyl groups is 1. The van der Waals surface area contributed by atoms with Crippen molar-refractivity contribution in [1.82, 2.24) is 0 Å². The summed E-state index contributed by atoms with van der Waals surface area (Å²) in [5.41, 5.74) is 1.81. The second kappa shape index (κ2) is 4.55. The van der Waals surface area contributed by atoms with E-state index in [0.717, 1.165) is 4.47 Å². The molecule has 0 bridgehead atoms. The molecule has 86 valence electrons. The molecule has 1 unspecified atom stereocenters. The highest BCUT2D eigenvalue weighted by molar-refractivity contribution is 9.10. The number of carbonyl (C=O) groups is 1. The van der Waals surface area contributed by atoms with Crippen molar-refractivity contribution >= 4 is 21.9 Å². The van der Waals surface area contributed by atoms with E-state index in [1.165, 1.54) is 25.5 Å². The maximum absolute atomic E-state index is 11.2. The molecule has 16 heavy (non-hydrogen) atoms. The molecule has 2 rings (SSSR count). The third kappa shape index (κ3) is 2.28. The second-order valence-corrected chi connectivity index (χ2v) is 4.84. The maximum atomic E-state index is 11.2. The zero-order chi connectivity index (χ0) is 11.7. The number of aliphatic hydroxyl groups excluding tert-OH is 1. The number of halogens is 1. The monoisotopic (exact) mass is 284 g/mol. The van der Waals surface area contributed by atoms with Gasteiger partial charge in [-0.1, -0.05) is 28.1 Å². The Kier molecular flexibility index (Phi) is 3.30. The molecular weight excluding hydrogens is 272 g/mol. The summed E-state index contributed by atoms with van der Waals surface area (Å²) in [6.07, 6.45) is 1.24. The van der Waals surface area contributed by atoms with E-state index < -0.39 is 12.1 Å². The van der Waals surface area contributed by atoms with Gasteiger partial charge in [-0.2, -0.15) is 0 Å². The van der Waals surface area contributed by atoms with Crippen LogP contribution in [0.5, 0.6) is 0 Å². The van der Waals surface area contributed by atoms with Crippen LogP contribution in [-0.4, -0.2) is 18.2 Å². The third-order valence-corrected chi connectivity index (χ3v) is 3.47. The van der Waals surface area contributed by atoms with E-state index in [4.69, 9.17) is 0 Å². The number of methoxy groups -OCH3 is 1. The van der Waals surface area contributed by atoms with Gasteiger partial charge in [0, 0.05) is 4.47 Å². The summed E-state index contributed by atoms with van der Waals surface area (Å²) in [5.74, 6) is 0.00441. The molecular formula is C12H13BrO3. The van der Waals surface area contributed by atoms with Gasteiger partial charge in [0.05, 0.1) is 7.11 Å². The molecule has 1 atom stereocenters. The molecule has 1 saturated carbocycles. The van der Waals surface area contributed by atoms with Crippen LogP contribution in [0.3, 0.4) is 0 Å². The Morgan fingerprint density at radius 2 is 2.25 bits per heavy atom. The zero-order valence-corrected chi connectivity index (χ0v) is 10.5. The summed E-state index contributed by atoms with van der Waals surface area (Å²) in [6.45, 7) is 0. The van der Waals surface area contributed by atoms with Crippen molar-refractivity contribution in [3.63, 3.8) is 0 Å². The van der Waals surface area contributed by atoms with Gasteiger partial charge < -0.3 is 9.84 Å². The van der Waals surface area contributed by atoms with Crippen LogP contribution in [0.15, 0.2) is 22.7 Å². The molecule has 0 amide bonds. The van der Waals surface area contributed by atoms with Crippen LogP contribution in [0.1, 0.15) is 36.0 Å². The topological polar surface area (TPSA) is 46.5 Å². The fourth-order valence-corrected chi connectivity index (χ4v) is 2.41. The number of rotatable bonds is 3. The lowest BCUT2D eigenvalue weighted by molar-refractivity contribution is -0.150. The number of hydrogen-bond donors (Lipinski definition) is 1. The first kappa shape index (κ1) is 11.6. The van der Waals surface area contributed by atoms with Crippen molar-refractivity contribution in [3.05, 3.63) is 33.8 Å². The van der Waals surface area contributed by atoms with Gasteiger partial charge in [0.1, 0.15) is 0 Å². The minimum absolute atomic E-state index is 0.558. The lowest BCUT2D eigenvalue weighted by Crippen LogP contribution is -2.13. The molecule has 4 heteroatoms. The summed E-state index contributed by atoms with van der Waals surface area (Å²) in [7, 11) is 1.26. The van der Waals surface area contributed by atoms with Crippen molar-refractivity contribution in [3.8, 4) is 0 Å². The Morgan fingerprint density at radius 3 is 2.75 bits per heavy atom. The van der Waals surface area contributed by atoms with Gasteiger partial charge >= 0.3 is 5.97 Å². The predicted octanol–water partition coefficient (Wildman–Crippen LogP) is 2.53. The first-order chi connectivity index (χ1) is 7.63. The highest BCUT2D eigenvalue weighted by Crippen LogP contribution is 2.43. The molecule has 0 heterocycles. The fourth-order valence-electron chi connectivity index (χ4n) is 1.69. The Hall–Kier alpha value is -0.870. The average Bonchev–Trinajstić information content (AvgIpc) is 3.10. The van der Waals surface area contributed by atoms with Crippen LogP contribution in [0, 0.1) is 0 Å². The zero-order valence-electron chi connectivity index (χ0n) is 8.94. The quantitative estimate of drug-likeness (QED) is 0.868. The van der Waals surface area contributed by atoms with E-state index in [-0.39, 0.29) is 0 Å². The number of ether oxygens (including phenoxy) is 1. The number of carbonyl (C=O) groups excluding carboxylic acids is 1. The Morgan fingerprint density at radius 1 is 1.56 bits per heavy atom. The minimum Gasteiger partial charge on any atom is -0.467 e. The number of benzene rings is 1. The first-order valence-corrected chi connectivity index (χ1v) is 5.98. The fraction of sp³-hybridized carbons (Fsp3) is 0.417. The van der Waals surface area contributed by atoms with Crippen LogP contribution >= 0.6 is 15.9 Å². The molecule has 1 N–H and O–H groups in total. The van der Waals surface area contributed by atoms with Gasteiger partial charge in [-0.05, 0) is 36.0 Å². The van der Waals surface area contributed by atoms with Crippen molar-refractivity contribution in [2.24, 2.45) is 0 Å². The molecule has 0 aliphatic heterocycles. The molecule has 0 spiro atoms. The van der Waals surface area contributed by atoms with Gasteiger partial charge in [-0.25, -0.2) is 4.79 Å². The largest absolute Gasteiger partial charge is 0.467 e. The SMILES string of the molecule is COC(=O)C(O)c1ccc(C2CC2)c(Br)c1. The lowest BCUT2D eigenvalue weighted by atomic mass is 10.0. The van der Waals surface area contributed by atoms with Crippen LogP contribution < -0.4 is 0 Å². The molecule has 1 aromatic rings. The maximum Gasteiger partial charge on any atom is 0.339 e. The van der Waals surface area contributed by atoms with Crippen LogP contribution in [0.2, 0.25) is 0 Å². The van der Waals surface area contributed by atoms with Crippen molar-refractivity contribution in [2.45, 2.75) is 24.9 Å². The normalized spacial score (nSPS) is 16.9. The molecule has 3 nitrogen and oxygen atoms in total. The van der Waals surface area contributed by atoms with E-state index in [1.54, 1.807) is 12.1 Å². The third-order valence-electron chi connectivity index (χ3n) is 2.78. The summed E-state index contributed by atoms with van der Waals surface area (Å²) >= 11 is 3.46. The molecule has 0 saturated heterocycles. The van der Waals surface area contributed by atoms with E-state index >= 15 is 0 Å². The van der Waals surface area contributed by atoms with Crippen LogP contribution in [-0.2, 0) is 9.53 Å². The predicted molar refractivity (Wildman–Crippen MR) is 63.1 cm³/mol. The standard InChI is InChI=1S/C12H13BrO3/c1-16-12(15)11(14)8-4-5-9(7-2-3-7)10(13)6-8/h4-7,11,14H,2-3H2,1H3. The van der Waals surface area contributed by atoms with Gasteiger partial charge in [-0.3, -0.25) is 0 Å². The van der Waals surface area contributed by atoms with Crippen molar-refractivity contribution in [2.75, 3.05) is 7.11 Å². The van der Waals surface area contributed by atoms with Gasteiger partial charge in [0.25, 0.3) is 0 Å². The van der Waals surface area contributed by atoms with Crippen LogP contribution in [0.4, 0.5) is 0 Å². The van der Waals surface area contributed by atoms with Gasteiger partial charge in [-0.15, -0.1) is 0 Å². The smallest absolute Gasteiger partial charge is 0.339 e. The Balaban J connectivity index is 2.23. The molecule has 1 aliphatic carbocycles. The Labute approximate surface area is 103 Å². The summed E-state index contributed by atoms with van der Waals surface area (Å²) < 4.78 is 5.45. The highest BCUT2D eigenvalue weighted by atomic mass is 79.9. The van der Waals surface area contributed by atoms with Crippen molar-refractivity contribution in [1.29, 1.82) is 0 Å². The number of hydrogen-bond acceptors (Lipinski definition) is 3. The molecule has 1 fully saturated rings. The van der Waals surface area contributed by atoms with E-state index in [9.17, 15) is 9.90 Å². The summed E-state index contributed by atoms with van der Waals surface area (Å²) in [4.78, 5) is 11.2. The molecule has 1 aliphatic rings. The number of esters is 1. The Bertz CT molecular complexity index is 413. The lowest BCUT2D eigenvalue weighted by Gasteiger charge is -2.10. The van der Waals surface area contributed by atoms with Crippen molar-refractivity contribution < 1.29 is 14.6 Å². The van der Waals surface area contributed by atoms with Crippen LogP contribution in [0.25, 0.3) is 0 Å².